The largest absolute Gasteiger partial charge is 0.444 e. The quantitative estimate of drug-likeness (QED) is 0.898. The van der Waals surface area contributed by atoms with Gasteiger partial charge in [-0.05, 0) is 30.7 Å². The maximum absolute atomic E-state index is 12.7. The van der Waals surface area contributed by atoms with Crippen LogP contribution in [0.5, 0.6) is 0 Å². The molecule has 2 aliphatic rings. The molecule has 6 heteroatoms. The summed E-state index contributed by atoms with van der Waals surface area (Å²) < 4.78 is 5.26. The molecule has 1 aromatic carbocycles. The van der Waals surface area contributed by atoms with Crippen LogP contribution in [0.15, 0.2) is 30.3 Å². The monoisotopic (exact) mass is 358 g/mol. The van der Waals surface area contributed by atoms with Crippen molar-refractivity contribution in [3.8, 4) is 0 Å². The molecule has 26 heavy (non-hydrogen) atoms. The van der Waals surface area contributed by atoms with Gasteiger partial charge in [0.2, 0.25) is 11.8 Å². The first-order valence-corrected chi connectivity index (χ1v) is 9.39. The van der Waals surface area contributed by atoms with E-state index in [1.165, 1.54) is 6.42 Å². The number of benzene rings is 1. The van der Waals surface area contributed by atoms with Gasteiger partial charge in [-0.3, -0.25) is 9.59 Å². The summed E-state index contributed by atoms with van der Waals surface area (Å²) in [6.45, 7) is 2.22. The van der Waals surface area contributed by atoms with Crippen LogP contribution >= 0.6 is 0 Å². The first kappa shape index (κ1) is 18.4. The Bertz CT molecular complexity index is 661. The summed E-state index contributed by atoms with van der Waals surface area (Å²) in [5.74, 6) is -0.172. The van der Waals surface area contributed by atoms with E-state index in [9.17, 15) is 14.4 Å². The number of imide groups is 1. The summed E-state index contributed by atoms with van der Waals surface area (Å²) in [7, 11) is 0. The van der Waals surface area contributed by atoms with E-state index in [0.29, 0.717) is 12.3 Å². The molecule has 1 saturated carbocycles. The SMILES string of the molecule is C[C@@H]1CCCC[C@H]1NC(=O)[C@@H]1CCC(=O)N1C(=O)OCc1ccccc1. The van der Waals surface area contributed by atoms with Gasteiger partial charge in [0.05, 0.1) is 0 Å². The molecule has 0 radical (unpaired) electrons. The van der Waals surface area contributed by atoms with Crippen LogP contribution in [0.4, 0.5) is 4.79 Å². The van der Waals surface area contributed by atoms with E-state index in [0.717, 1.165) is 29.7 Å². The second kappa shape index (κ2) is 8.34. The van der Waals surface area contributed by atoms with Crippen LogP contribution in [-0.4, -0.2) is 34.9 Å². The van der Waals surface area contributed by atoms with Crippen LogP contribution in [-0.2, 0) is 20.9 Å². The van der Waals surface area contributed by atoms with Crippen molar-refractivity contribution >= 4 is 17.9 Å². The molecule has 0 unspecified atom stereocenters. The van der Waals surface area contributed by atoms with Crippen molar-refractivity contribution in [1.29, 1.82) is 0 Å². The summed E-state index contributed by atoms with van der Waals surface area (Å²) in [6, 6.07) is 8.62. The fourth-order valence-corrected chi connectivity index (χ4v) is 3.76. The lowest BCUT2D eigenvalue weighted by atomic mass is 9.86. The molecule has 3 rings (SSSR count). The normalized spacial score (nSPS) is 25.8. The van der Waals surface area contributed by atoms with Gasteiger partial charge in [-0.2, -0.15) is 0 Å². The van der Waals surface area contributed by atoms with Crippen LogP contribution in [0.1, 0.15) is 51.0 Å². The van der Waals surface area contributed by atoms with Crippen molar-refractivity contribution < 1.29 is 19.1 Å². The third-order valence-corrected chi connectivity index (χ3v) is 5.36. The molecule has 0 aromatic heterocycles. The van der Waals surface area contributed by atoms with E-state index in [4.69, 9.17) is 4.74 Å². The zero-order chi connectivity index (χ0) is 18.5. The van der Waals surface area contributed by atoms with Crippen molar-refractivity contribution in [3.63, 3.8) is 0 Å². The Morgan fingerprint density at radius 3 is 2.62 bits per heavy atom. The Hall–Kier alpha value is -2.37. The number of likely N-dealkylation sites (tertiary alicyclic amines) is 1. The number of amides is 3. The minimum absolute atomic E-state index is 0.0808. The molecule has 1 aliphatic heterocycles. The molecule has 1 aliphatic carbocycles. The topological polar surface area (TPSA) is 75.7 Å². The Morgan fingerprint density at radius 1 is 1.15 bits per heavy atom. The lowest BCUT2D eigenvalue weighted by molar-refractivity contribution is -0.134. The Labute approximate surface area is 153 Å². The Morgan fingerprint density at radius 2 is 1.88 bits per heavy atom. The molecule has 0 spiro atoms. The number of nitrogens with one attached hydrogen (secondary N) is 1. The van der Waals surface area contributed by atoms with E-state index in [1.807, 2.05) is 30.3 Å². The molecular formula is C20H26N2O4. The first-order chi connectivity index (χ1) is 12.6. The summed E-state index contributed by atoms with van der Waals surface area (Å²) in [5, 5.41) is 3.05. The van der Waals surface area contributed by atoms with Crippen LogP contribution in [0.25, 0.3) is 0 Å². The van der Waals surface area contributed by atoms with Gasteiger partial charge in [-0.1, -0.05) is 50.1 Å². The third-order valence-electron chi connectivity index (χ3n) is 5.36. The molecule has 1 heterocycles. The fraction of sp³-hybridized carbons (Fsp3) is 0.550. The lowest BCUT2D eigenvalue weighted by Gasteiger charge is -2.31. The highest BCUT2D eigenvalue weighted by Gasteiger charge is 2.42. The number of ether oxygens (including phenoxy) is 1. The average Bonchev–Trinajstić information content (AvgIpc) is 3.04. The molecule has 3 amide bonds. The van der Waals surface area contributed by atoms with Gasteiger partial charge in [0, 0.05) is 12.5 Å². The van der Waals surface area contributed by atoms with E-state index in [-0.39, 0.29) is 30.9 Å². The minimum Gasteiger partial charge on any atom is -0.444 e. The van der Waals surface area contributed by atoms with Crippen LogP contribution in [0.2, 0.25) is 0 Å². The van der Waals surface area contributed by atoms with Gasteiger partial charge in [0.1, 0.15) is 12.6 Å². The standard InChI is InChI=1S/C20H26N2O4/c1-14-7-5-6-10-16(14)21-19(24)17-11-12-18(23)22(17)20(25)26-13-15-8-3-2-4-9-15/h2-4,8-9,14,16-17H,5-7,10-13H2,1H3,(H,21,24)/t14-,16-,17+/m1/s1. The average molecular weight is 358 g/mol. The molecule has 1 N–H and O–H groups in total. The number of carbonyl (C=O) groups excluding carboxylic acids is 3. The van der Waals surface area contributed by atoms with Crippen LogP contribution < -0.4 is 5.32 Å². The lowest BCUT2D eigenvalue weighted by Crippen LogP contribution is -2.51. The highest BCUT2D eigenvalue weighted by molar-refractivity contribution is 6.00. The number of rotatable bonds is 4. The predicted molar refractivity (Wildman–Crippen MR) is 96.1 cm³/mol. The highest BCUT2D eigenvalue weighted by Crippen LogP contribution is 2.25. The number of hydrogen-bond acceptors (Lipinski definition) is 4. The second-order valence-corrected chi connectivity index (χ2v) is 7.24. The fourth-order valence-electron chi connectivity index (χ4n) is 3.76. The summed E-state index contributed by atoms with van der Waals surface area (Å²) >= 11 is 0. The van der Waals surface area contributed by atoms with Gasteiger partial charge in [0.25, 0.3) is 0 Å². The first-order valence-electron chi connectivity index (χ1n) is 9.39. The highest BCUT2D eigenvalue weighted by atomic mass is 16.6. The summed E-state index contributed by atoms with van der Waals surface area (Å²) in [6.07, 6.45) is 4.14. The molecule has 1 saturated heterocycles. The minimum atomic E-state index is -0.764. The van der Waals surface area contributed by atoms with Gasteiger partial charge < -0.3 is 10.1 Å². The predicted octanol–water partition coefficient (Wildman–Crippen LogP) is 3.01. The van der Waals surface area contributed by atoms with Crippen molar-refractivity contribution in [2.24, 2.45) is 5.92 Å². The van der Waals surface area contributed by atoms with Crippen molar-refractivity contribution in [3.05, 3.63) is 35.9 Å². The van der Waals surface area contributed by atoms with E-state index in [1.54, 1.807) is 0 Å². The molecule has 0 bridgehead atoms. The van der Waals surface area contributed by atoms with Crippen LogP contribution in [0.3, 0.4) is 0 Å². The van der Waals surface area contributed by atoms with E-state index >= 15 is 0 Å². The molecular weight excluding hydrogens is 332 g/mol. The van der Waals surface area contributed by atoms with E-state index in [2.05, 4.69) is 12.2 Å². The molecule has 140 valence electrons. The zero-order valence-corrected chi connectivity index (χ0v) is 15.1. The molecule has 3 atom stereocenters. The second-order valence-electron chi connectivity index (χ2n) is 7.24. The summed E-state index contributed by atoms with van der Waals surface area (Å²) in [4.78, 5) is 38.2. The maximum Gasteiger partial charge on any atom is 0.417 e. The van der Waals surface area contributed by atoms with Crippen molar-refractivity contribution in [1.82, 2.24) is 10.2 Å². The molecule has 2 fully saturated rings. The van der Waals surface area contributed by atoms with Gasteiger partial charge >= 0.3 is 6.09 Å². The Balaban J connectivity index is 1.60. The maximum atomic E-state index is 12.7. The van der Waals surface area contributed by atoms with Crippen LogP contribution in [0, 0.1) is 5.92 Å². The van der Waals surface area contributed by atoms with Gasteiger partial charge in [0.15, 0.2) is 0 Å². The van der Waals surface area contributed by atoms with E-state index < -0.39 is 12.1 Å². The van der Waals surface area contributed by atoms with Gasteiger partial charge in [-0.15, -0.1) is 0 Å². The third kappa shape index (κ3) is 4.23. The van der Waals surface area contributed by atoms with Crippen molar-refractivity contribution in [2.45, 2.75) is 64.1 Å². The zero-order valence-electron chi connectivity index (χ0n) is 15.1. The van der Waals surface area contributed by atoms with Gasteiger partial charge in [-0.25, -0.2) is 9.69 Å². The Kier molecular flexibility index (Phi) is 5.91. The number of carbonyl (C=O) groups is 3. The number of hydrogen-bond donors (Lipinski definition) is 1. The molecule has 6 nitrogen and oxygen atoms in total. The van der Waals surface area contributed by atoms with Crippen molar-refractivity contribution in [2.75, 3.05) is 0 Å². The summed E-state index contributed by atoms with van der Waals surface area (Å²) in [5.41, 5.74) is 0.838. The smallest absolute Gasteiger partial charge is 0.417 e. The molecule has 1 aromatic rings. The number of nitrogens with zero attached hydrogens (tertiary/aromatic N) is 1.